The minimum absolute atomic E-state index is 0.108. The summed E-state index contributed by atoms with van der Waals surface area (Å²) in [4.78, 5) is 13.6. The van der Waals surface area contributed by atoms with E-state index < -0.39 is 0 Å². The molecule has 2 rings (SSSR count). The van der Waals surface area contributed by atoms with Crippen LogP contribution in [0.5, 0.6) is 5.75 Å². The Kier molecular flexibility index (Phi) is 5.17. The van der Waals surface area contributed by atoms with E-state index in [9.17, 15) is 4.79 Å². The number of hydrogen-bond donors (Lipinski definition) is 1. The van der Waals surface area contributed by atoms with E-state index in [-0.39, 0.29) is 5.91 Å². The van der Waals surface area contributed by atoms with Crippen molar-refractivity contribution in [2.75, 3.05) is 13.7 Å². The van der Waals surface area contributed by atoms with Crippen LogP contribution in [0.4, 0.5) is 0 Å². The third-order valence-electron chi connectivity index (χ3n) is 2.94. The zero-order valence-corrected chi connectivity index (χ0v) is 11.6. The lowest BCUT2D eigenvalue weighted by molar-refractivity contribution is -0.130. The highest BCUT2D eigenvalue weighted by Crippen LogP contribution is 2.09. The fourth-order valence-corrected chi connectivity index (χ4v) is 1.84. The summed E-state index contributed by atoms with van der Waals surface area (Å²) in [7, 11) is 1.79. The van der Waals surface area contributed by atoms with Crippen molar-refractivity contribution >= 4 is 5.91 Å². The number of nitrogens with one attached hydrogen (secondary N) is 1. The lowest BCUT2D eigenvalue weighted by atomic mass is 10.3. The van der Waals surface area contributed by atoms with Gasteiger partial charge in [0.25, 0.3) is 0 Å². The SMILES string of the molecule is CN(Cc1ccn[nH]1)C(=O)CCCOc1ccccc1. The van der Waals surface area contributed by atoms with Crippen molar-refractivity contribution in [1.29, 1.82) is 0 Å². The van der Waals surface area contributed by atoms with Crippen molar-refractivity contribution in [3.63, 3.8) is 0 Å². The Bertz CT molecular complexity index is 511. The van der Waals surface area contributed by atoms with Crippen molar-refractivity contribution < 1.29 is 9.53 Å². The molecule has 1 aromatic heterocycles. The van der Waals surface area contributed by atoms with E-state index in [2.05, 4.69) is 10.2 Å². The molecule has 0 aliphatic heterocycles. The maximum absolute atomic E-state index is 11.9. The fraction of sp³-hybridized carbons (Fsp3) is 0.333. The van der Waals surface area contributed by atoms with Gasteiger partial charge in [0, 0.05) is 19.7 Å². The molecule has 0 bridgehead atoms. The molecule has 5 nitrogen and oxygen atoms in total. The van der Waals surface area contributed by atoms with Gasteiger partial charge in [-0.2, -0.15) is 5.10 Å². The van der Waals surface area contributed by atoms with E-state index in [1.54, 1.807) is 18.1 Å². The second kappa shape index (κ2) is 7.33. The monoisotopic (exact) mass is 273 g/mol. The minimum atomic E-state index is 0.108. The minimum Gasteiger partial charge on any atom is -0.494 e. The number of hydrogen-bond acceptors (Lipinski definition) is 3. The van der Waals surface area contributed by atoms with Crippen molar-refractivity contribution in [2.24, 2.45) is 0 Å². The summed E-state index contributed by atoms with van der Waals surface area (Å²) in [5.41, 5.74) is 0.932. The van der Waals surface area contributed by atoms with E-state index in [1.165, 1.54) is 0 Å². The van der Waals surface area contributed by atoms with Gasteiger partial charge < -0.3 is 9.64 Å². The number of rotatable bonds is 7. The maximum atomic E-state index is 11.9. The number of amides is 1. The average molecular weight is 273 g/mol. The number of para-hydroxylation sites is 1. The first-order valence-electron chi connectivity index (χ1n) is 6.66. The zero-order chi connectivity index (χ0) is 14.2. The molecular weight excluding hydrogens is 254 g/mol. The van der Waals surface area contributed by atoms with Crippen LogP contribution >= 0.6 is 0 Å². The Hall–Kier alpha value is -2.30. The lowest BCUT2D eigenvalue weighted by Crippen LogP contribution is -2.26. The number of carbonyl (C=O) groups excluding carboxylic acids is 1. The second-order valence-corrected chi connectivity index (χ2v) is 4.60. The van der Waals surface area contributed by atoms with Crippen LogP contribution in [0.3, 0.4) is 0 Å². The molecule has 0 saturated carbocycles. The summed E-state index contributed by atoms with van der Waals surface area (Å²) in [6, 6.07) is 11.5. The van der Waals surface area contributed by atoms with Crippen molar-refractivity contribution in [2.45, 2.75) is 19.4 Å². The van der Waals surface area contributed by atoms with Crippen LogP contribution in [-0.2, 0) is 11.3 Å². The molecule has 20 heavy (non-hydrogen) atoms. The predicted octanol–water partition coefficient (Wildman–Crippen LogP) is 2.23. The molecule has 1 amide bonds. The Morgan fingerprint density at radius 3 is 2.80 bits per heavy atom. The van der Waals surface area contributed by atoms with Crippen LogP contribution in [0.2, 0.25) is 0 Å². The number of H-pyrrole nitrogens is 1. The Morgan fingerprint density at radius 2 is 2.10 bits per heavy atom. The Morgan fingerprint density at radius 1 is 1.30 bits per heavy atom. The number of aromatic amines is 1. The molecule has 106 valence electrons. The molecule has 0 spiro atoms. The first kappa shape index (κ1) is 14.1. The normalized spacial score (nSPS) is 10.2. The van der Waals surface area contributed by atoms with E-state index in [0.717, 1.165) is 11.4 Å². The van der Waals surface area contributed by atoms with E-state index in [4.69, 9.17) is 4.74 Å². The summed E-state index contributed by atoms with van der Waals surface area (Å²) >= 11 is 0. The summed E-state index contributed by atoms with van der Waals surface area (Å²) < 4.78 is 5.56. The predicted molar refractivity (Wildman–Crippen MR) is 76.2 cm³/mol. The Balaban J connectivity index is 1.65. The highest BCUT2D eigenvalue weighted by Gasteiger charge is 2.09. The van der Waals surface area contributed by atoms with Crippen LogP contribution in [0, 0.1) is 0 Å². The van der Waals surface area contributed by atoms with Crippen LogP contribution in [0.25, 0.3) is 0 Å². The smallest absolute Gasteiger partial charge is 0.222 e. The standard InChI is InChI=1S/C15H19N3O2/c1-18(12-13-9-10-16-17-13)15(19)8-5-11-20-14-6-3-2-4-7-14/h2-4,6-7,9-10H,5,8,11-12H2,1H3,(H,16,17). The first-order valence-corrected chi connectivity index (χ1v) is 6.66. The molecule has 0 radical (unpaired) electrons. The van der Waals surface area contributed by atoms with Crippen LogP contribution in [0.15, 0.2) is 42.6 Å². The number of nitrogens with zero attached hydrogens (tertiary/aromatic N) is 2. The lowest BCUT2D eigenvalue weighted by Gasteiger charge is -2.16. The van der Waals surface area contributed by atoms with Gasteiger partial charge in [-0.05, 0) is 24.6 Å². The van der Waals surface area contributed by atoms with Gasteiger partial charge in [-0.3, -0.25) is 9.89 Å². The van der Waals surface area contributed by atoms with Gasteiger partial charge in [0.15, 0.2) is 0 Å². The number of carbonyl (C=O) groups is 1. The topological polar surface area (TPSA) is 58.2 Å². The van der Waals surface area contributed by atoms with Gasteiger partial charge >= 0.3 is 0 Å². The number of benzene rings is 1. The van der Waals surface area contributed by atoms with Crippen molar-refractivity contribution in [3.05, 3.63) is 48.3 Å². The van der Waals surface area contributed by atoms with Crippen LogP contribution in [0.1, 0.15) is 18.5 Å². The van der Waals surface area contributed by atoms with Gasteiger partial charge in [0.1, 0.15) is 5.75 Å². The van der Waals surface area contributed by atoms with Gasteiger partial charge in [-0.1, -0.05) is 18.2 Å². The molecule has 1 heterocycles. The largest absolute Gasteiger partial charge is 0.494 e. The van der Waals surface area contributed by atoms with Gasteiger partial charge in [-0.25, -0.2) is 0 Å². The summed E-state index contributed by atoms with van der Waals surface area (Å²) in [6.45, 7) is 1.10. The Labute approximate surface area is 118 Å². The number of aromatic nitrogens is 2. The highest BCUT2D eigenvalue weighted by atomic mass is 16.5. The molecule has 1 N–H and O–H groups in total. The molecule has 0 saturated heterocycles. The van der Waals surface area contributed by atoms with E-state index in [1.807, 2.05) is 36.4 Å². The summed E-state index contributed by atoms with van der Waals surface area (Å²) in [5.74, 6) is 0.946. The van der Waals surface area contributed by atoms with Gasteiger partial charge in [0.2, 0.25) is 5.91 Å². The quantitative estimate of drug-likeness (QED) is 0.787. The summed E-state index contributed by atoms with van der Waals surface area (Å²) in [6.07, 6.45) is 2.87. The summed E-state index contributed by atoms with van der Waals surface area (Å²) in [5, 5.41) is 6.70. The highest BCUT2D eigenvalue weighted by molar-refractivity contribution is 5.75. The molecule has 0 fully saturated rings. The molecule has 0 unspecified atom stereocenters. The fourth-order valence-electron chi connectivity index (χ4n) is 1.84. The number of ether oxygens (including phenoxy) is 1. The average Bonchev–Trinajstić information content (AvgIpc) is 2.97. The zero-order valence-electron chi connectivity index (χ0n) is 11.6. The third-order valence-corrected chi connectivity index (χ3v) is 2.94. The third kappa shape index (κ3) is 4.42. The van der Waals surface area contributed by atoms with Crippen molar-refractivity contribution in [1.82, 2.24) is 15.1 Å². The molecule has 0 aliphatic rings. The molecule has 5 heteroatoms. The molecule has 1 aromatic carbocycles. The molecule has 2 aromatic rings. The second-order valence-electron chi connectivity index (χ2n) is 4.60. The van der Waals surface area contributed by atoms with E-state index >= 15 is 0 Å². The van der Waals surface area contributed by atoms with Gasteiger partial charge in [0.05, 0.1) is 18.8 Å². The molecule has 0 atom stereocenters. The molecular formula is C15H19N3O2. The van der Waals surface area contributed by atoms with Crippen LogP contribution < -0.4 is 4.74 Å². The maximum Gasteiger partial charge on any atom is 0.222 e. The first-order chi connectivity index (χ1) is 9.75. The van der Waals surface area contributed by atoms with E-state index in [0.29, 0.717) is 26.0 Å². The van der Waals surface area contributed by atoms with Gasteiger partial charge in [-0.15, -0.1) is 0 Å². The van der Waals surface area contributed by atoms with Crippen LogP contribution in [-0.4, -0.2) is 34.7 Å². The molecule has 0 aliphatic carbocycles. The van der Waals surface area contributed by atoms with Crippen molar-refractivity contribution in [3.8, 4) is 5.75 Å².